The summed E-state index contributed by atoms with van der Waals surface area (Å²) < 4.78 is 0. The zero-order valence-electron chi connectivity index (χ0n) is 8.80. The second-order valence-corrected chi connectivity index (χ2v) is 4.06. The number of rotatable bonds is 5. The first-order valence-electron chi connectivity index (χ1n) is 5.69. The van der Waals surface area contributed by atoms with Gasteiger partial charge in [0.05, 0.1) is 0 Å². The minimum absolute atomic E-state index is 0.327. The maximum Gasteiger partial charge on any atom is 0.303 e. The molecule has 0 unspecified atom stereocenters. The van der Waals surface area contributed by atoms with E-state index in [2.05, 4.69) is 6.08 Å². The van der Waals surface area contributed by atoms with Gasteiger partial charge in [0.15, 0.2) is 0 Å². The van der Waals surface area contributed by atoms with Gasteiger partial charge in [-0.3, -0.25) is 4.79 Å². The van der Waals surface area contributed by atoms with Crippen LogP contribution in [0.25, 0.3) is 0 Å². The lowest BCUT2D eigenvalue weighted by Gasteiger charge is -2.03. The van der Waals surface area contributed by atoms with Crippen LogP contribution in [-0.4, -0.2) is 11.1 Å². The van der Waals surface area contributed by atoms with Crippen LogP contribution in [0.5, 0.6) is 0 Å². The van der Waals surface area contributed by atoms with Crippen molar-refractivity contribution in [3.63, 3.8) is 0 Å². The van der Waals surface area contributed by atoms with Crippen molar-refractivity contribution in [2.24, 2.45) is 0 Å². The van der Waals surface area contributed by atoms with E-state index in [4.69, 9.17) is 5.11 Å². The van der Waals surface area contributed by atoms with Crippen molar-refractivity contribution in [2.75, 3.05) is 0 Å². The SMILES string of the molecule is O=C(O)CCCCC1=CCCCCC1. The van der Waals surface area contributed by atoms with Crippen LogP contribution in [0.15, 0.2) is 11.6 Å². The molecule has 80 valence electrons. The molecular formula is C12H20O2. The zero-order valence-corrected chi connectivity index (χ0v) is 8.80. The maximum absolute atomic E-state index is 10.3. The normalized spacial score (nSPS) is 17.3. The third kappa shape index (κ3) is 5.05. The molecule has 0 radical (unpaired) electrons. The monoisotopic (exact) mass is 196 g/mol. The minimum atomic E-state index is -0.667. The molecule has 1 aliphatic rings. The highest BCUT2D eigenvalue weighted by molar-refractivity contribution is 5.66. The molecule has 0 aromatic carbocycles. The Hall–Kier alpha value is -0.790. The molecule has 1 rings (SSSR count). The zero-order chi connectivity index (χ0) is 10.2. The lowest BCUT2D eigenvalue weighted by Crippen LogP contribution is -1.94. The Morgan fingerprint density at radius 2 is 2.14 bits per heavy atom. The molecule has 0 aromatic rings. The van der Waals surface area contributed by atoms with Gasteiger partial charge in [-0.05, 0) is 44.9 Å². The predicted molar refractivity (Wildman–Crippen MR) is 57.3 cm³/mol. The average Bonchev–Trinajstić information content (AvgIpc) is 2.40. The van der Waals surface area contributed by atoms with Crippen molar-refractivity contribution in [3.05, 3.63) is 11.6 Å². The smallest absolute Gasteiger partial charge is 0.303 e. The largest absolute Gasteiger partial charge is 0.481 e. The van der Waals surface area contributed by atoms with Gasteiger partial charge in [0.2, 0.25) is 0 Å². The van der Waals surface area contributed by atoms with E-state index in [0.717, 1.165) is 19.3 Å². The summed E-state index contributed by atoms with van der Waals surface area (Å²) >= 11 is 0. The summed E-state index contributed by atoms with van der Waals surface area (Å²) in [5.74, 6) is -0.667. The summed E-state index contributed by atoms with van der Waals surface area (Å²) in [5, 5.41) is 8.48. The number of carboxylic acids is 1. The minimum Gasteiger partial charge on any atom is -0.481 e. The van der Waals surface area contributed by atoms with Crippen molar-refractivity contribution in [1.82, 2.24) is 0 Å². The molecule has 2 nitrogen and oxygen atoms in total. The van der Waals surface area contributed by atoms with Gasteiger partial charge >= 0.3 is 5.97 Å². The van der Waals surface area contributed by atoms with E-state index >= 15 is 0 Å². The van der Waals surface area contributed by atoms with E-state index in [0.29, 0.717) is 6.42 Å². The van der Waals surface area contributed by atoms with Crippen LogP contribution < -0.4 is 0 Å². The van der Waals surface area contributed by atoms with E-state index in [-0.39, 0.29) is 0 Å². The molecule has 0 bridgehead atoms. The summed E-state index contributed by atoms with van der Waals surface area (Å²) in [5.41, 5.74) is 1.56. The molecular weight excluding hydrogens is 176 g/mol. The molecule has 0 saturated carbocycles. The first-order valence-corrected chi connectivity index (χ1v) is 5.69. The molecule has 14 heavy (non-hydrogen) atoms. The number of unbranched alkanes of at least 4 members (excludes halogenated alkanes) is 1. The van der Waals surface area contributed by atoms with Crippen LogP contribution >= 0.6 is 0 Å². The first-order chi connectivity index (χ1) is 6.79. The molecule has 1 aliphatic carbocycles. The summed E-state index contributed by atoms with van der Waals surface area (Å²) in [6.07, 6.45) is 12.2. The third-order valence-corrected chi connectivity index (χ3v) is 2.77. The highest BCUT2D eigenvalue weighted by atomic mass is 16.4. The van der Waals surface area contributed by atoms with Crippen LogP contribution in [0, 0.1) is 0 Å². The third-order valence-electron chi connectivity index (χ3n) is 2.77. The molecule has 0 aliphatic heterocycles. The Balaban J connectivity index is 2.10. The molecule has 0 heterocycles. The van der Waals surface area contributed by atoms with Gasteiger partial charge in [0.25, 0.3) is 0 Å². The molecule has 0 atom stereocenters. The van der Waals surface area contributed by atoms with E-state index in [1.165, 1.54) is 32.1 Å². The van der Waals surface area contributed by atoms with Crippen LogP contribution in [0.4, 0.5) is 0 Å². The van der Waals surface area contributed by atoms with Crippen LogP contribution in [-0.2, 0) is 4.79 Å². The van der Waals surface area contributed by atoms with E-state index in [1.54, 1.807) is 5.57 Å². The Labute approximate surface area is 86.0 Å². The highest BCUT2D eigenvalue weighted by Gasteiger charge is 2.03. The fourth-order valence-corrected chi connectivity index (χ4v) is 1.94. The number of carboxylic acid groups (broad SMARTS) is 1. The summed E-state index contributed by atoms with van der Waals surface area (Å²) in [4.78, 5) is 10.3. The number of carbonyl (C=O) groups is 1. The van der Waals surface area contributed by atoms with Gasteiger partial charge < -0.3 is 5.11 Å². The molecule has 1 N–H and O–H groups in total. The fraction of sp³-hybridized carbons (Fsp3) is 0.750. The molecule has 0 amide bonds. The second kappa shape index (κ2) is 6.63. The Kier molecular flexibility index (Phi) is 5.35. The Bertz CT molecular complexity index is 206. The predicted octanol–water partition coefficient (Wildman–Crippen LogP) is 3.52. The number of hydrogen-bond donors (Lipinski definition) is 1. The number of allylic oxidation sites excluding steroid dienone is 2. The van der Waals surface area contributed by atoms with Crippen molar-refractivity contribution in [3.8, 4) is 0 Å². The second-order valence-electron chi connectivity index (χ2n) is 4.06. The van der Waals surface area contributed by atoms with Crippen LogP contribution in [0.2, 0.25) is 0 Å². The molecule has 0 saturated heterocycles. The number of hydrogen-bond acceptors (Lipinski definition) is 1. The Morgan fingerprint density at radius 1 is 1.29 bits per heavy atom. The van der Waals surface area contributed by atoms with Gasteiger partial charge in [-0.15, -0.1) is 0 Å². The lowest BCUT2D eigenvalue weighted by molar-refractivity contribution is -0.137. The molecule has 2 heteroatoms. The average molecular weight is 196 g/mol. The van der Waals surface area contributed by atoms with Crippen molar-refractivity contribution < 1.29 is 9.90 Å². The summed E-state index contributed by atoms with van der Waals surface area (Å²) in [6.45, 7) is 0. The summed E-state index contributed by atoms with van der Waals surface area (Å²) in [7, 11) is 0. The van der Waals surface area contributed by atoms with Gasteiger partial charge in [-0.1, -0.05) is 18.1 Å². The number of aliphatic carboxylic acids is 1. The quantitative estimate of drug-likeness (QED) is 0.539. The topological polar surface area (TPSA) is 37.3 Å². The van der Waals surface area contributed by atoms with Gasteiger partial charge in [0.1, 0.15) is 0 Å². The van der Waals surface area contributed by atoms with Crippen LogP contribution in [0.3, 0.4) is 0 Å². The van der Waals surface area contributed by atoms with Crippen molar-refractivity contribution in [2.45, 2.75) is 57.8 Å². The standard InChI is InChI=1S/C12H20O2/c13-12(14)10-6-5-9-11-7-3-1-2-4-8-11/h7H,1-6,8-10H2,(H,13,14). The lowest BCUT2D eigenvalue weighted by atomic mass is 10.0. The van der Waals surface area contributed by atoms with Gasteiger partial charge in [-0.2, -0.15) is 0 Å². The van der Waals surface area contributed by atoms with E-state index in [9.17, 15) is 4.79 Å². The van der Waals surface area contributed by atoms with Gasteiger partial charge in [0, 0.05) is 6.42 Å². The Morgan fingerprint density at radius 3 is 2.93 bits per heavy atom. The first kappa shape index (κ1) is 11.3. The molecule has 0 aromatic heterocycles. The van der Waals surface area contributed by atoms with Crippen LogP contribution in [0.1, 0.15) is 57.8 Å². The van der Waals surface area contributed by atoms with E-state index < -0.39 is 5.97 Å². The highest BCUT2D eigenvalue weighted by Crippen LogP contribution is 2.21. The van der Waals surface area contributed by atoms with E-state index in [1.807, 2.05) is 0 Å². The maximum atomic E-state index is 10.3. The summed E-state index contributed by atoms with van der Waals surface area (Å²) in [6, 6.07) is 0. The van der Waals surface area contributed by atoms with Gasteiger partial charge in [-0.25, -0.2) is 0 Å². The van der Waals surface area contributed by atoms with Crippen molar-refractivity contribution >= 4 is 5.97 Å². The fourth-order valence-electron chi connectivity index (χ4n) is 1.94. The molecule has 0 spiro atoms. The molecule has 0 fully saturated rings. The van der Waals surface area contributed by atoms with Crippen molar-refractivity contribution in [1.29, 1.82) is 0 Å².